The molecule has 174 valence electrons. The number of ether oxygens (including phenoxy) is 1. The second-order valence-electron chi connectivity index (χ2n) is 7.82. The number of amides is 1. The van der Waals surface area contributed by atoms with Crippen LogP contribution >= 0.6 is 11.8 Å². The first-order chi connectivity index (χ1) is 16.0. The molecule has 0 aliphatic rings. The fourth-order valence-corrected chi connectivity index (χ4v) is 4.33. The van der Waals surface area contributed by atoms with Crippen LogP contribution in [0.4, 0.5) is 5.69 Å². The number of nitrogens with one attached hydrogen (secondary N) is 1. The van der Waals surface area contributed by atoms with Gasteiger partial charge in [0.2, 0.25) is 5.91 Å². The Bertz CT molecular complexity index is 1090. The zero-order valence-electron chi connectivity index (χ0n) is 19.6. The highest BCUT2D eigenvalue weighted by atomic mass is 32.2. The lowest BCUT2D eigenvalue weighted by Crippen LogP contribution is -2.17. The molecule has 0 aliphatic carbocycles. The van der Waals surface area contributed by atoms with Crippen LogP contribution in [0, 0.1) is 13.8 Å². The molecule has 0 atom stereocenters. The Balaban J connectivity index is 1.56. The average Bonchev–Trinajstić information content (AvgIpc) is 3.19. The number of nitrogens with zero attached hydrogens (tertiary/aromatic N) is 3. The van der Waals surface area contributed by atoms with Crippen molar-refractivity contribution in [2.24, 2.45) is 0 Å². The Kier molecular flexibility index (Phi) is 9.13. The SMILES string of the molecule is C=CCn1c(CCCOc2ccccc2C)nnc1SCC(=O)Nc1c(C)cccc1CC. The smallest absolute Gasteiger partial charge is 0.234 e. The molecule has 3 rings (SSSR count). The van der Waals surface area contributed by atoms with Crippen LogP contribution in [-0.2, 0) is 24.2 Å². The van der Waals surface area contributed by atoms with E-state index in [0.29, 0.717) is 13.2 Å². The Labute approximate surface area is 200 Å². The summed E-state index contributed by atoms with van der Waals surface area (Å²) in [5.74, 6) is 2.00. The van der Waals surface area contributed by atoms with Crippen molar-refractivity contribution >= 4 is 23.4 Å². The molecule has 3 aromatic rings. The van der Waals surface area contributed by atoms with E-state index in [1.807, 2.05) is 67.0 Å². The molecule has 0 aliphatic heterocycles. The van der Waals surface area contributed by atoms with E-state index in [1.54, 1.807) is 0 Å². The summed E-state index contributed by atoms with van der Waals surface area (Å²) in [5.41, 5.74) is 4.24. The first-order valence-electron chi connectivity index (χ1n) is 11.3. The van der Waals surface area contributed by atoms with Crippen LogP contribution in [0.3, 0.4) is 0 Å². The quantitative estimate of drug-likeness (QED) is 0.221. The molecular formula is C26H32N4O2S. The number of carbonyl (C=O) groups is 1. The normalized spacial score (nSPS) is 10.8. The van der Waals surface area contributed by atoms with Crippen molar-refractivity contribution in [2.45, 2.75) is 51.7 Å². The summed E-state index contributed by atoms with van der Waals surface area (Å²) in [6.45, 7) is 11.2. The Morgan fingerprint density at radius 1 is 1.15 bits per heavy atom. The first-order valence-corrected chi connectivity index (χ1v) is 12.2. The van der Waals surface area contributed by atoms with Gasteiger partial charge in [0.15, 0.2) is 5.16 Å². The van der Waals surface area contributed by atoms with Crippen molar-refractivity contribution in [3.63, 3.8) is 0 Å². The predicted octanol–water partition coefficient (Wildman–Crippen LogP) is 5.39. The van der Waals surface area contributed by atoms with E-state index in [-0.39, 0.29) is 11.7 Å². The fraction of sp³-hybridized carbons (Fsp3) is 0.346. The summed E-state index contributed by atoms with van der Waals surface area (Å²) < 4.78 is 7.91. The van der Waals surface area contributed by atoms with Gasteiger partial charge >= 0.3 is 0 Å². The number of rotatable bonds is 12. The highest BCUT2D eigenvalue weighted by Crippen LogP contribution is 2.23. The monoisotopic (exact) mass is 464 g/mol. The summed E-state index contributed by atoms with van der Waals surface area (Å²) >= 11 is 1.39. The van der Waals surface area contributed by atoms with Crippen molar-refractivity contribution in [1.82, 2.24) is 14.8 Å². The Morgan fingerprint density at radius 2 is 1.94 bits per heavy atom. The van der Waals surface area contributed by atoms with Gasteiger partial charge in [0.05, 0.1) is 12.4 Å². The van der Waals surface area contributed by atoms with Gasteiger partial charge in [-0.25, -0.2) is 0 Å². The summed E-state index contributed by atoms with van der Waals surface area (Å²) in [6.07, 6.45) is 4.25. The van der Waals surface area contributed by atoms with Crippen LogP contribution in [0.1, 0.15) is 35.9 Å². The number of para-hydroxylation sites is 2. The van der Waals surface area contributed by atoms with Gasteiger partial charge in [-0.15, -0.1) is 16.8 Å². The number of anilines is 1. The lowest BCUT2D eigenvalue weighted by molar-refractivity contribution is -0.113. The van der Waals surface area contributed by atoms with E-state index < -0.39 is 0 Å². The van der Waals surface area contributed by atoms with Crippen molar-refractivity contribution in [1.29, 1.82) is 0 Å². The molecule has 1 N–H and O–H groups in total. The molecule has 0 fully saturated rings. The van der Waals surface area contributed by atoms with Crippen molar-refractivity contribution in [2.75, 3.05) is 17.7 Å². The summed E-state index contributed by atoms with van der Waals surface area (Å²) in [4.78, 5) is 12.6. The molecule has 33 heavy (non-hydrogen) atoms. The second-order valence-corrected chi connectivity index (χ2v) is 8.76. The first kappa shape index (κ1) is 24.6. The maximum atomic E-state index is 12.6. The zero-order chi connectivity index (χ0) is 23.6. The predicted molar refractivity (Wildman–Crippen MR) is 135 cm³/mol. The largest absolute Gasteiger partial charge is 0.493 e. The van der Waals surface area contributed by atoms with Gasteiger partial charge in [0.1, 0.15) is 11.6 Å². The maximum absolute atomic E-state index is 12.6. The standard InChI is InChI=1S/C26H32N4O2S/c1-5-16-30-23(15-10-17-32-22-14-8-7-11-19(22)3)28-29-26(30)33-18-24(31)27-25-20(4)12-9-13-21(25)6-2/h5,7-9,11-14H,1,6,10,15-18H2,2-4H3,(H,27,31). The molecule has 0 saturated heterocycles. The van der Waals surface area contributed by atoms with Crippen molar-refractivity contribution < 1.29 is 9.53 Å². The van der Waals surface area contributed by atoms with Gasteiger partial charge in [-0.2, -0.15) is 0 Å². The number of benzene rings is 2. The second kappa shape index (κ2) is 12.3. The van der Waals surface area contributed by atoms with E-state index in [2.05, 4.69) is 29.0 Å². The van der Waals surface area contributed by atoms with Crippen LogP contribution in [-0.4, -0.2) is 33.0 Å². The minimum absolute atomic E-state index is 0.0506. The molecule has 0 bridgehead atoms. The van der Waals surface area contributed by atoms with E-state index in [9.17, 15) is 4.79 Å². The number of thioether (sulfide) groups is 1. The van der Waals surface area contributed by atoms with Crippen LogP contribution in [0.25, 0.3) is 0 Å². The number of hydrogen-bond donors (Lipinski definition) is 1. The molecule has 0 unspecified atom stereocenters. The highest BCUT2D eigenvalue weighted by Gasteiger charge is 2.15. The van der Waals surface area contributed by atoms with Gasteiger partial charge < -0.3 is 14.6 Å². The fourth-order valence-electron chi connectivity index (χ4n) is 3.56. The van der Waals surface area contributed by atoms with Crippen LogP contribution < -0.4 is 10.1 Å². The molecule has 6 nitrogen and oxygen atoms in total. The summed E-state index contributed by atoms with van der Waals surface area (Å²) in [6, 6.07) is 14.1. The van der Waals surface area contributed by atoms with Gasteiger partial charge in [-0.05, 0) is 49.4 Å². The number of allylic oxidation sites excluding steroid dienone is 1. The third-order valence-corrected chi connectivity index (χ3v) is 6.30. The van der Waals surface area contributed by atoms with Gasteiger partial charge in [0, 0.05) is 18.7 Å². The topological polar surface area (TPSA) is 69.0 Å². The minimum Gasteiger partial charge on any atom is -0.493 e. The Morgan fingerprint density at radius 3 is 2.70 bits per heavy atom. The highest BCUT2D eigenvalue weighted by molar-refractivity contribution is 7.99. The molecule has 2 aromatic carbocycles. The van der Waals surface area contributed by atoms with Gasteiger partial charge in [-0.3, -0.25) is 4.79 Å². The third-order valence-electron chi connectivity index (χ3n) is 5.34. The molecule has 1 heterocycles. The van der Waals surface area contributed by atoms with E-state index in [1.165, 1.54) is 11.8 Å². The number of hydrogen-bond acceptors (Lipinski definition) is 5. The third kappa shape index (κ3) is 6.71. The molecule has 1 aromatic heterocycles. The average molecular weight is 465 g/mol. The van der Waals surface area contributed by atoms with Crippen molar-refractivity contribution in [3.8, 4) is 5.75 Å². The minimum atomic E-state index is -0.0506. The van der Waals surface area contributed by atoms with Crippen LogP contribution in [0.15, 0.2) is 60.3 Å². The maximum Gasteiger partial charge on any atom is 0.234 e. The van der Waals surface area contributed by atoms with Gasteiger partial charge in [0.25, 0.3) is 0 Å². The molecule has 0 radical (unpaired) electrons. The summed E-state index contributed by atoms with van der Waals surface area (Å²) in [7, 11) is 0. The van der Waals surface area contributed by atoms with Gasteiger partial charge in [-0.1, -0.05) is 61.2 Å². The molecule has 0 saturated carbocycles. The van der Waals surface area contributed by atoms with Crippen molar-refractivity contribution in [3.05, 3.63) is 77.6 Å². The summed E-state index contributed by atoms with van der Waals surface area (Å²) in [5, 5.41) is 12.5. The number of aromatic nitrogens is 3. The molecular weight excluding hydrogens is 432 g/mol. The molecule has 7 heteroatoms. The lowest BCUT2D eigenvalue weighted by atomic mass is 10.1. The van der Waals surface area contributed by atoms with Crippen LogP contribution in [0.5, 0.6) is 5.75 Å². The lowest BCUT2D eigenvalue weighted by Gasteiger charge is -2.13. The number of carbonyl (C=O) groups excluding carboxylic acids is 1. The zero-order valence-corrected chi connectivity index (χ0v) is 20.5. The van der Waals surface area contributed by atoms with E-state index in [4.69, 9.17) is 4.74 Å². The van der Waals surface area contributed by atoms with Crippen LogP contribution in [0.2, 0.25) is 0 Å². The van der Waals surface area contributed by atoms with E-state index in [0.717, 1.165) is 58.4 Å². The molecule has 0 spiro atoms. The Hall–Kier alpha value is -3.06. The number of aryl methyl sites for hydroxylation is 4. The molecule has 1 amide bonds. The van der Waals surface area contributed by atoms with E-state index >= 15 is 0 Å².